The largest absolute Gasteiger partial charge is 0.494 e. The van der Waals surface area contributed by atoms with E-state index < -0.39 is 5.91 Å². The fourth-order valence-corrected chi connectivity index (χ4v) is 4.73. The highest BCUT2D eigenvalue weighted by Gasteiger charge is 2.23. The lowest BCUT2D eigenvalue weighted by molar-refractivity contribution is 0.101. The summed E-state index contributed by atoms with van der Waals surface area (Å²) in [6.07, 6.45) is 0. The van der Waals surface area contributed by atoms with Gasteiger partial charge in [-0.25, -0.2) is 0 Å². The molecule has 0 aliphatic carbocycles. The number of aryl methyl sites for hydroxylation is 2. The first-order valence-corrected chi connectivity index (χ1v) is 12.3. The summed E-state index contributed by atoms with van der Waals surface area (Å²) in [5.74, 6) is 1.69. The lowest BCUT2D eigenvalue weighted by Gasteiger charge is -2.03. The maximum absolute atomic E-state index is 13.0. The molecule has 3 aromatic heterocycles. The molecule has 0 saturated heterocycles. The molecular weight excluding hydrogens is 476 g/mol. The number of hydrogen-bond donors (Lipinski definition) is 1. The smallest absolute Gasteiger partial charge is 0.278 e. The van der Waals surface area contributed by atoms with Crippen molar-refractivity contribution in [1.82, 2.24) is 15.3 Å². The van der Waals surface area contributed by atoms with Gasteiger partial charge in [0.25, 0.3) is 11.8 Å². The first-order chi connectivity index (χ1) is 17.4. The first kappa shape index (κ1) is 23.5. The lowest BCUT2D eigenvalue weighted by Crippen LogP contribution is -2.11. The molecule has 0 radical (unpaired) electrons. The zero-order valence-corrected chi connectivity index (χ0v) is 21.1. The number of ether oxygens (including phenoxy) is 1. The molecule has 2 aromatic carbocycles. The van der Waals surface area contributed by atoms with Gasteiger partial charge in [-0.2, -0.15) is 4.98 Å². The highest BCUT2D eigenvalue weighted by Crippen LogP contribution is 2.40. The van der Waals surface area contributed by atoms with E-state index in [2.05, 4.69) is 20.6 Å². The highest BCUT2D eigenvalue weighted by molar-refractivity contribution is 7.17. The van der Waals surface area contributed by atoms with Crippen LogP contribution in [0.15, 0.2) is 63.6 Å². The van der Waals surface area contributed by atoms with Gasteiger partial charge >= 0.3 is 0 Å². The Bertz CT molecular complexity index is 1510. The number of hydrogen-bond acceptors (Lipinski definition) is 8. The van der Waals surface area contributed by atoms with Gasteiger partial charge in [0.05, 0.1) is 12.2 Å². The molecule has 9 heteroatoms. The average molecular weight is 501 g/mol. The van der Waals surface area contributed by atoms with Crippen molar-refractivity contribution >= 4 is 22.2 Å². The molecule has 36 heavy (non-hydrogen) atoms. The van der Waals surface area contributed by atoms with Crippen LogP contribution >= 0.6 is 11.3 Å². The van der Waals surface area contributed by atoms with E-state index in [1.165, 1.54) is 11.3 Å². The Morgan fingerprint density at radius 3 is 2.42 bits per heavy atom. The Labute approximate surface area is 211 Å². The second-order valence-electron chi connectivity index (χ2n) is 8.26. The van der Waals surface area contributed by atoms with Crippen LogP contribution in [-0.4, -0.2) is 27.8 Å². The number of rotatable bonds is 7. The molecule has 8 nitrogen and oxygen atoms in total. The van der Waals surface area contributed by atoms with Gasteiger partial charge in [-0.15, -0.1) is 11.3 Å². The number of benzene rings is 2. The van der Waals surface area contributed by atoms with E-state index >= 15 is 0 Å². The molecule has 5 rings (SSSR count). The zero-order chi connectivity index (χ0) is 25.2. The summed E-state index contributed by atoms with van der Waals surface area (Å²) in [6.45, 7) is 8.49. The molecule has 1 amide bonds. The molecule has 0 aliphatic rings. The Balaban J connectivity index is 1.38. The van der Waals surface area contributed by atoms with Gasteiger partial charge in [0.15, 0.2) is 11.5 Å². The lowest BCUT2D eigenvalue weighted by atomic mass is 10.1. The predicted octanol–water partition coefficient (Wildman–Crippen LogP) is 6.70. The molecule has 0 atom stereocenters. The molecule has 0 aliphatic heterocycles. The number of carbonyl (C=O) groups is 1. The van der Waals surface area contributed by atoms with Crippen molar-refractivity contribution in [1.29, 1.82) is 0 Å². The quantitative estimate of drug-likeness (QED) is 0.265. The minimum absolute atomic E-state index is 0.166. The van der Waals surface area contributed by atoms with Crippen LogP contribution in [0.2, 0.25) is 0 Å². The molecular formula is C27H24N4O4S. The van der Waals surface area contributed by atoms with Crippen LogP contribution in [-0.2, 0) is 0 Å². The Morgan fingerprint density at radius 1 is 0.972 bits per heavy atom. The minimum atomic E-state index is -0.392. The second kappa shape index (κ2) is 9.79. The summed E-state index contributed by atoms with van der Waals surface area (Å²) in [5.41, 5.74) is 4.63. The standard InChI is InChI=1S/C27H24N4O4S/c1-5-33-20-12-10-18(11-13-20)22-14-21(30-34-22)25(32)29-27-23(16(3)17(4)36-27)26-28-24(31-35-26)19-8-6-15(2)7-9-19/h6-14H,5H2,1-4H3,(H,29,32). The van der Waals surface area contributed by atoms with Crippen LogP contribution in [0.1, 0.15) is 33.4 Å². The van der Waals surface area contributed by atoms with E-state index in [0.29, 0.717) is 34.6 Å². The van der Waals surface area contributed by atoms with E-state index in [1.54, 1.807) is 6.07 Å². The van der Waals surface area contributed by atoms with Crippen molar-refractivity contribution in [3.63, 3.8) is 0 Å². The van der Waals surface area contributed by atoms with Gasteiger partial charge in [0.1, 0.15) is 10.8 Å². The maximum Gasteiger partial charge on any atom is 0.278 e. The molecule has 0 unspecified atom stereocenters. The Kier molecular flexibility index (Phi) is 6.39. The third kappa shape index (κ3) is 4.65. The van der Waals surface area contributed by atoms with Crippen molar-refractivity contribution in [3.05, 3.63) is 76.3 Å². The van der Waals surface area contributed by atoms with E-state index in [1.807, 2.05) is 76.2 Å². The fourth-order valence-electron chi connectivity index (χ4n) is 3.68. The van der Waals surface area contributed by atoms with Crippen LogP contribution in [0.25, 0.3) is 34.2 Å². The number of nitrogens with one attached hydrogen (secondary N) is 1. The number of aromatic nitrogens is 3. The summed E-state index contributed by atoms with van der Waals surface area (Å²) >= 11 is 1.44. The van der Waals surface area contributed by atoms with Crippen molar-refractivity contribution in [2.75, 3.05) is 11.9 Å². The van der Waals surface area contributed by atoms with E-state index in [-0.39, 0.29) is 5.69 Å². The van der Waals surface area contributed by atoms with Crippen molar-refractivity contribution in [3.8, 4) is 39.9 Å². The third-order valence-electron chi connectivity index (χ3n) is 5.75. The summed E-state index contributed by atoms with van der Waals surface area (Å²) in [5, 5.41) is 11.7. The normalized spacial score (nSPS) is 11.0. The van der Waals surface area contributed by atoms with Crippen molar-refractivity contribution in [2.45, 2.75) is 27.7 Å². The number of carbonyl (C=O) groups excluding carboxylic acids is 1. The maximum atomic E-state index is 13.0. The van der Waals surface area contributed by atoms with Gasteiger partial charge in [-0.05, 0) is 57.5 Å². The van der Waals surface area contributed by atoms with Gasteiger partial charge in [-0.3, -0.25) is 4.79 Å². The molecule has 5 aromatic rings. The first-order valence-electron chi connectivity index (χ1n) is 11.5. The van der Waals surface area contributed by atoms with Crippen molar-refractivity contribution in [2.24, 2.45) is 0 Å². The monoisotopic (exact) mass is 500 g/mol. The number of nitrogens with zero attached hydrogens (tertiary/aromatic N) is 3. The zero-order valence-electron chi connectivity index (χ0n) is 20.3. The van der Waals surface area contributed by atoms with E-state index in [4.69, 9.17) is 13.8 Å². The molecule has 1 N–H and O–H groups in total. The fraction of sp³-hybridized carbons (Fsp3) is 0.185. The van der Waals surface area contributed by atoms with Gasteiger partial charge < -0.3 is 19.1 Å². The molecule has 0 bridgehead atoms. The molecule has 182 valence electrons. The number of anilines is 1. The number of amides is 1. The molecule has 0 fully saturated rings. The highest BCUT2D eigenvalue weighted by atomic mass is 32.1. The minimum Gasteiger partial charge on any atom is -0.494 e. The number of thiophene rings is 1. The SMILES string of the molecule is CCOc1ccc(-c2cc(C(=O)Nc3sc(C)c(C)c3-c3nc(-c4ccc(C)cc4)no3)no2)cc1. The van der Waals surface area contributed by atoms with Crippen molar-refractivity contribution < 1.29 is 18.6 Å². The summed E-state index contributed by atoms with van der Waals surface area (Å²) < 4.78 is 16.5. The second-order valence-corrected chi connectivity index (χ2v) is 9.49. The molecule has 3 heterocycles. The molecule has 0 spiro atoms. The van der Waals surface area contributed by atoms with Crippen LogP contribution in [0.4, 0.5) is 5.00 Å². The van der Waals surface area contributed by atoms with Gasteiger partial charge in [-0.1, -0.05) is 40.1 Å². The Morgan fingerprint density at radius 2 is 1.69 bits per heavy atom. The molecule has 0 saturated carbocycles. The third-order valence-corrected chi connectivity index (χ3v) is 6.88. The van der Waals surface area contributed by atoms with Crippen LogP contribution in [0.5, 0.6) is 5.75 Å². The average Bonchev–Trinajstić information content (AvgIpc) is 3.61. The summed E-state index contributed by atoms with van der Waals surface area (Å²) in [7, 11) is 0. The van der Waals surface area contributed by atoms with Gasteiger partial charge in [0, 0.05) is 22.1 Å². The Hall–Kier alpha value is -4.24. The predicted molar refractivity (Wildman–Crippen MR) is 138 cm³/mol. The topological polar surface area (TPSA) is 103 Å². The summed E-state index contributed by atoms with van der Waals surface area (Å²) in [4.78, 5) is 18.7. The van der Waals surface area contributed by atoms with Crippen LogP contribution in [0, 0.1) is 20.8 Å². The van der Waals surface area contributed by atoms with Crippen LogP contribution < -0.4 is 10.1 Å². The van der Waals surface area contributed by atoms with E-state index in [0.717, 1.165) is 32.9 Å². The van der Waals surface area contributed by atoms with Crippen LogP contribution in [0.3, 0.4) is 0 Å². The van der Waals surface area contributed by atoms with Gasteiger partial charge in [0.2, 0.25) is 5.82 Å². The summed E-state index contributed by atoms with van der Waals surface area (Å²) in [6, 6.07) is 16.9. The van der Waals surface area contributed by atoms with E-state index in [9.17, 15) is 4.79 Å².